The summed E-state index contributed by atoms with van der Waals surface area (Å²) in [5, 5.41) is 0. The fraction of sp³-hybridized carbons (Fsp3) is 0.692. The van der Waals surface area contributed by atoms with Gasteiger partial charge in [-0.25, -0.2) is 0 Å². The van der Waals surface area contributed by atoms with E-state index in [1.54, 1.807) is 11.8 Å². The Balaban J connectivity index is 2.14. The molecule has 2 heterocycles. The summed E-state index contributed by atoms with van der Waals surface area (Å²) in [6.45, 7) is 3.26. The molecular weight excluding hydrogens is 216 g/mol. The van der Waals surface area contributed by atoms with Gasteiger partial charge in [0, 0.05) is 26.2 Å². The predicted molar refractivity (Wildman–Crippen MR) is 65.1 cm³/mol. The predicted octanol–water partition coefficient (Wildman–Crippen LogP) is 1.52. The molecule has 0 aliphatic carbocycles. The maximum Gasteiger partial charge on any atom is 0.223 e. The first-order chi connectivity index (χ1) is 8.22. The van der Waals surface area contributed by atoms with Gasteiger partial charge in [-0.2, -0.15) is 0 Å². The summed E-state index contributed by atoms with van der Waals surface area (Å²) in [5.41, 5.74) is 1.25. The largest absolute Gasteiger partial charge is 0.338 e. The van der Waals surface area contributed by atoms with E-state index in [2.05, 4.69) is 0 Å². The normalized spacial score (nSPS) is 25.5. The number of piperidine rings is 1. The number of likely N-dealkylation sites (tertiary alicyclic amines) is 1. The van der Waals surface area contributed by atoms with E-state index < -0.39 is 0 Å². The first-order valence-electron chi connectivity index (χ1n) is 6.41. The number of hydrogen-bond donors (Lipinski definition) is 0. The van der Waals surface area contributed by atoms with Gasteiger partial charge in [-0.3, -0.25) is 9.59 Å². The summed E-state index contributed by atoms with van der Waals surface area (Å²) < 4.78 is 0. The summed E-state index contributed by atoms with van der Waals surface area (Å²) in [5.74, 6) is 0.0932. The second-order valence-corrected chi connectivity index (χ2v) is 4.87. The molecule has 4 nitrogen and oxygen atoms in total. The van der Waals surface area contributed by atoms with E-state index in [0.717, 1.165) is 45.2 Å². The highest BCUT2D eigenvalue weighted by molar-refractivity contribution is 5.74. The molecule has 17 heavy (non-hydrogen) atoms. The highest BCUT2D eigenvalue weighted by Crippen LogP contribution is 2.27. The molecule has 0 aromatic carbocycles. The Morgan fingerprint density at radius 3 is 2.88 bits per heavy atom. The third kappa shape index (κ3) is 2.68. The average molecular weight is 236 g/mol. The van der Waals surface area contributed by atoms with Crippen molar-refractivity contribution in [1.82, 2.24) is 9.80 Å². The zero-order valence-corrected chi connectivity index (χ0v) is 10.4. The molecule has 0 bridgehead atoms. The van der Waals surface area contributed by atoms with Crippen LogP contribution in [-0.2, 0) is 9.59 Å². The Kier molecular flexibility index (Phi) is 3.82. The molecule has 0 N–H and O–H groups in total. The molecule has 2 aliphatic rings. The molecule has 2 amide bonds. The van der Waals surface area contributed by atoms with Gasteiger partial charge in [0.25, 0.3) is 0 Å². The molecule has 0 saturated carbocycles. The lowest BCUT2D eigenvalue weighted by molar-refractivity contribution is -0.126. The van der Waals surface area contributed by atoms with E-state index in [-0.39, 0.29) is 11.9 Å². The smallest absolute Gasteiger partial charge is 0.223 e. The van der Waals surface area contributed by atoms with Gasteiger partial charge in [-0.05, 0) is 37.7 Å². The van der Waals surface area contributed by atoms with Crippen LogP contribution in [0.2, 0.25) is 0 Å². The molecule has 1 fully saturated rings. The highest BCUT2D eigenvalue weighted by Gasteiger charge is 2.26. The van der Waals surface area contributed by atoms with Crippen LogP contribution in [0.4, 0.5) is 0 Å². The van der Waals surface area contributed by atoms with Crippen molar-refractivity contribution in [2.24, 2.45) is 0 Å². The molecule has 0 aromatic heterocycles. The quantitative estimate of drug-likeness (QED) is 0.682. The Morgan fingerprint density at radius 1 is 1.35 bits per heavy atom. The summed E-state index contributed by atoms with van der Waals surface area (Å²) in [6.07, 6.45) is 8.25. The molecular formula is C13H20N2O2. The van der Waals surface area contributed by atoms with Gasteiger partial charge >= 0.3 is 0 Å². The van der Waals surface area contributed by atoms with Crippen LogP contribution in [0.5, 0.6) is 0 Å². The van der Waals surface area contributed by atoms with Crippen LogP contribution in [0.25, 0.3) is 0 Å². The first-order valence-corrected chi connectivity index (χ1v) is 6.41. The van der Waals surface area contributed by atoms with Crippen LogP contribution in [0.15, 0.2) is 11.8 Å². The molecule has 2 rings (SSSR count). The van der Waals surface area contributed by atoms with Gasteiger partial charge in [0.15, 0.2) is 0 Å². The van der Waals surface area contributed by atoms with Gasteiger partial charge in [0.2, 0.25) is 12.3 Å². The van der Waals surface area contributed by atoms with E-state index in [1.165, 1.54) is 12.0 Å². The van der Waals surface area contributed by atoms with E-state index in [4.69, 9.17) is 0 Å². The Hall–Kier alpha value is -1.32. The van der Waals surface area contributed by atoms with Crippen LogP contribution in [0, 0.1) is 0 Å². The monoisotopic (exact) mass is 236 g/mol. The van der Waals surface area contributed by atoms with Crippen molar-refractivity contribution in [3.8, 4) is 0 Å². The molecule has 2 aliphatic heterocycles. The summed E-state index contributed by atoms with van der Waals surface area (Å²) >= 11 is 0. The minimum Gasteiger partial charge on any atom is -0.338 e. The van der Waals surface area contributed by atoms with E-state index in [9.17, 15) is 9.59 Å². The summed E-state index contributed by atoms with van der Waals surface area (Å²) in [7, 11) is 0. The summed E-state index contributed by atoms with van der Waals surface area (Å²) in [4.78, 5) is 26.1. The highest BCUT2D eigenvalue weighted by atomic mass is 16.2. The van der Waals surface area contributed by atoms with Gasteiger partial charge in [0.05, 0.1) is 6.04 Å². The number of amides is 2. The van der Waals surface area contributed by atoms with Crippen molar-refractivity contribution < 1.29 is 9.59 Å². The summed E-state index contributed by atoms with van der Waals surface area (Å²) in [6, 6.07) is 0.225. The lowest BCUT2D eigenvalue weighted by Gasteiger charge is -2.37. The lowest BCUT2D eigenvalue weighted by atomic mass is 9.91. The minimum atomic E-state index is 0.0932. The SMILES string of the molecule is CC(=O)N1C=C(C2CCCCN2C=O)CCC1. The molecule has 1 saturated heterocycles. The van der Waals surface area contributed by atoms with Crippen molar-refractivity contribution in [3.05, 3.63) is 11.8 Å². The maximum absolute atomic E-state index is 11.4. The van der Waals surface area contributed by atoms with Crippen LogP contribution < -0.4 is 0 Å². The third-order valence-electron chi connectivity index (χ3n) is 3.70. The van der Waals surface area contributed by atoms with E-state index >= 15 is 0 Å². The fourth-order valence-electron chi connectivity index (χ4n) is 2.76. The molecule has 0 radical (unpaired) electrons. The minimum absolute atomic E-state index is 0.0932. The van der Waals surface area contributed by atoms with Crippen LogP contribution in [-0.4, -0.2) is 41.2 Å². The topological polar surface area (TPSA) is 40.6 Å². The standard InChI is InChI=1S/C13H20N2O2/c1-11(17)14-8-4-5-12(9-14)13-6-2-3-7-15(13)10-16/h9-10,13H,2-8H2,1H3. The van der Waals surface area contributed by atoms with Crippen molar-refractivity contribution in [3.63, 3.8) is 0 Å². The van der Waals surface area contributed by atoms with Crippen molar-refractivity contribution in [1.29, 1.82) is 0 Å². The Bertz CT molecular complexity index is 338. The number of nitrogens with zero attached hydrogens (tertiary/aromatic N) is 2. The van der Waals surface area contributed by atoms with Crippen LogP contribution in [0.3, 0.4) is 0 Å². The van der Waals surface area contributed by atoms with Gasteiger partial charge in [0.1, 0.15) is 0 Å². The Labute approximate surface area is 102 Å². The number of carbonyl (C=O) groups excluding carboxylic acids is 2. The second kappa shape index (κ2) is 5.34. The molecule has 1 atom stereocenters. The first kappa shape index (κ1) is 12.1. The Morgan fingerprint density at radius 2 is 2.18 bits per heavy atom. The van der Waals surface area contributed by atoms with Gasteiger partial charge < -0.3 is 9.80 Å². The number of rotatable bonds is 2. The fourth-order valence-corrected chi connectivity index (χ4v) is 2.76. The zero-order valence-electron chi connectivity index (χ0n) is 10.4. The second-order valence-electron chi connectivity index (χ2n) is 4.87. The number of hydrogen-bond acceptors (Lipinski definition) is 2. The van der Waals surface area contributed by atoms with Crippen molar-refractivity contribution in [2.45, 2.75) is 45.1 Å². The maximum atomic E-state index is 11.4. The van der Waals surface area contributed by atoms with Gasteiger partial charge in [-0.1, -0.05) is 0 Å². The van der Waals surface area contributed by atoms with Crippen LogP contribution >= 0.6 is 0 Å². The average Bonchev–Trinajstić information content (AvgIpc) is 2.39. The number of carbonyl (C=O) groups is 2. The molecule has 94 valence electrons. The van der Waals surface area contributed by atoms with Crippen molar-refractivity contribution >= 4 is 12.3 Å². The van der Waals surface area contributed by atoms with E-state index in [1.807, 2.05) is 11.1 Å². The zero-order chi connectivity index (χ0) is 12.3. The molecule has 1 unspecified atom stereocenters. The van der Waals surface area contributed by atoms with Crippen molar-refractivity contribution in [2.75, 3.05) is 13.1 Å². The van der Waals surface area contributed by atoms with Crippen LogP contribution in [0.1, 0.15) is 39.0 Å². The van der Waals surface area contributed by atoms with Gasteiger partial charge in [-0.15, -0.1) is 0 Å². The molecule has 0 aromatic rings. The third-order valence-corrected chi connectivity index (χ3v) is 3.70. The van der Waals surface area contributed by atoms with E-state index in [0.29, 0.717) is 0 Å². The molecule has 0 spiro atoms. The molecule has 4 heteroatoms. The lowest BCUT2D eigenvalue weighted by Crippen LogP contribution is -2.41.